The van der Waals surface area contributed by atoms with Gasteiger partial charge in [-0.05, 0) is 32.1 Å². The number of hydrogen-bond acceptors (Lipinski definition) is 4. The molecule has 0 unspecified atom stereocenters. The summed E-state index contributed by atoms with van der Waals surface area (Å²) in [6.07, 6.45) is -4.07. The Hall–Kier alpha value is -1.80. The van der Waals surface area contributed by atoms with Crippen LogP contribution in [0.2, 0.25) is 0 Å². The highest BCUT2D eigenvalue weighted by atomic mass is 19.4. The van der Waals surface area contributed by atoms with Gasteiger partial charge in [0.1, 0.15) is 5.75 Å². The molecule has 1 amide bonds. The van der Waals surface area contributed by atoms with Gasteiger partial charge in [0, 0.05) is 38.6 Å². The van der Waals surface area contributed by atoms with E-state index in [2.05, 4.69) is 19.9 Å². The molecule has 1 atom stereocenters. The first-order valence-electron chi connectivity index (χ1n) is 8.24. The molecule has 1 saturated heterocycles. The first-order valence-corrected chi connectivity index (χ1v) is 8.24. The molecule has 1 fully saturated rings. The molecule has 1 aliphatic rings. The molecule has 1 heterocycles. The lowest BCUT2D eigenvalue weighted by molar-refractivity contribution is -0.274. The van der Waals surface area contributed by atoms with Gasteiger partial charge in [0.15, 0.2) is 0 Å². The summed E-state index contributed by atoms with van der Waals surface area (Å²) in [5.41, 5.74) is 0.412. The van der Waals surface area contributed by atoms with E-state index in [4.69, 9.17) is 0 Å². The molecule has 1 aliphatic heterocycles. The van der Waals surface area contributed by atoms with Crippen molar-refractivity contribution in [1.29, 1.82) is 0 Å². The van der Waals surface area contributed by atoms with Crippen molar-refractivity contribution < 1.29 is 22.7 Å². The fourth-order valence-electron chi connectivity index (χ4n) is 2.88. The van der Waals surface area contributed by atoms with Gasteiger partial charge in [-0.3, -0.25) is 4.79 Å². The van der Waals surface area contributed by atoms with Crippen molar-refractivity contribution in [3.05, 3.63) is 29.8 Å². The van der Waals surface area contributed by atoms with Gasteiger partial charge in [-0.25, -0.2) is 0 Å². The van der Waals surface area contributed by atoms with E-state index >= 15 is 0 Å². The molecule has 0 aliphatic carbocycles. The van der Waals surface area contributed by atoms with E-state index in [1.165, 1.54) is 12.1 Å². The highest BCUT2D eigenvalue weighted by molar-refractivity contribution is 5.76. The Morgan fingerprint density at radius 3 is 2.72 bits per heavy atom. The molecule has 1 N–H and O–H groups in total. The summed E-state index contributed by atoms with van der Waals surface area (Å²) in [5, 5.41) is 2.78. The quantitative estimate of drug-likeness (QED) is 0.842. The van der Waals surface area contributed by atoms with Crippen LogP contribution in [0, 0.1) is 0 Å². The van der Waals surface area contributed by atoms with Gasteiger partial charge in [0.05, 0.1) is 0 Å². The maximum Gasteiger partial charge on any atom is 0.573 e. The zero-order chi connectivity index (χ0) is 18.4. The second kappa shape index (κ2) is 8.53. The molecule has 1 aromatic rings. The van der Waals surface area contributed by atoms with Gasteiger partial charge >= 0.3 is 6.36 Å². The van der Waals surface area contributed by atoms with E-state index in [1.54, 1.807) is 12.1 Å². The largest absolute Gasteiger partial charge is 0.573 e. The summed E-state index contributed by atoms with van der Waals surface area (Å²) >= 11 is 0. The smallest absolute Gasteiger partial charge is 0.406 e. The highest BCUT2D eigenvalue weighted by Crippen LogP contribution is 2.26. The van der Waals surface area contributed by atoms with Crippen molar-refractivity contribution in [3.63, 3.8) is 0 Å². The number of piperazine rings is 1. The van der Waals surface area contributed by atoms with E-state index < -0.39 is 6.36 Å². The summed E-state index contributed by atoms with van der Waals surface area (Å²) in [7, 11) is 4.02. The fraction of sp³-hybridized carbons (Fsp3) is 0.588. The third-order valence-electron chi connectivity index (χ3n) is 4.32. The van der Waals surface area contributed by atoms with Crippen LogP contribution in [0.25, 0.3) is 0 Å². The van der Waals surface area contributed by atoms with Gasteiger partial charge < -0.3 is 19.9 Å². The number of ether oxygens (including phenoxy) is 1. The van der Waals surface area contributed by atoms with Crippen LogP contribution in [0.15, 0.2) is 24.3 Å². The molecule has 2 rings (SSSR count). The van der Waals surface area contributed by atoms with Gasteiger partial charge in [-0.15, -0.1) is 13.2 Å². The maximum atomic E-state index is 12.4. The number of hydrogen-bond donors (Lipinski definition) is 1. The highest BCUT2D eigenvalue weighted by Gasteiger charge is 2.32. The summed E-state index contributed by atoms with van der Waals surface area (Å²) in [6, 6.07) is 6.12. The second-order valence-electron chi connectivity index (χ2n) is 6.36. The molecule has 25 heavy (non-hydrogen) atoms. The molecule has 8 heteroatoms. The first-order chi connectivity index (χ1) is 11.7. The molecule has 140 valence electrons. The number of carbonyl (C=O) groups is 1. The Morgan fingerprint density at radius 2 is 2.00 bits per heavy atom. The minimum absolute atomic E-state index is 0.0960. The van der Waals surface area contributed by atoms with Gasteiger partial charge in [0.2, 0.25) is 5.91 Å². The Bertz CT molecular complexity index is 581. The Balaban J connectivity index is 1.81. The van der Waals surface area contributed by atoms with Crippen LogP contribution in [0.3, 0.4) is 0 Å². The molecule has 0 spiro atoms. The Kier molecular flexibility index (Phi) is 6.66. The number of carbonyl (C=O) groups excluding carboxylic acids is 1. The molecular weight excluding hydrogens is 335 g/mol. The van der Waals surface area contributed by atoms with Gasteiger partial charge in [0.25, 0.3) is 0 Å². The molecule has 0 radical (unpaired) electrons. The molecular formula is C17H24F3N3O2. The van der Waals surface area contributed by atoms with Crippen LogP contribution in [0.4, 0.5) is 13.2 Å². The van der Waals surface area contributed by atoms with Crippen molar-refractivity contribution in [3.8, 4) is 5.75 Å². The maximum absolute atomic E-state index is 12.4. The minimum Gasteiger partial charge on any atom is -0.406 e. The minimum atomic E-state index is -4.73. The van der Waals surface area contributed by atoms with Crippen LogP contribution in [0.5, 0.6) is 5.75 Å². The van der Waals surface area contributed by atoms with Gasteiger partial charge in [-0.2, -0.15) is 0 Å². The van der Waals surface area contributed by atoms with Crippen LogP contribution < -0.4 is 10.1 Å². The lowest BCUT2D eigenvalue weighted by Gasteiger charge is -2.37. The van der Waals surface area contributed by atoms with Crippen molar-refractivity contribution in [2.75, 3.05) is 40.3 Å². The summed E-state index contributed by atoms with van der Waals surface area (Å²) in [5.74, 6) is -0.320. The predicted octanol–water partition coefficient (Wildman–Crippen LogP) is 1.88. The first kappa shape index (κ1) is 19.5. The van der Waals surface area contributed by atoms with Gasteiger partial charge in [-0.1, -0.05) is 18.2 Å². The number of nitrogens with zero attached hydrogens (tertiary/aromatic N) is 2. The van der Waals surface area contributed by atoms with E-state index in [-0.39, 0.29) is 30.7 Å². The van der Waals surface area contributed by atoms with Crippen molar-refractivity contribution in [2.45, 2.75) is 25.2 Å². The number of rotatable bonds is 6. The van der Waals surface area contributed by atoms with E-state index in [1.807, 2.05) is 14.1 Å². The SMILES string of the molecule is CN1CCN(C)[C@@H](CC(=O)NCCc2ccccc2OC(F)(F)F)C1. The lowest BCUT2D eigenvalue weighted by Crippen LogP contribution is -2.51. The second-order valence-corrected chi connectivity index (χ2v) is 6.36. The lowest BCUT2D eigenvalue weighted by atomic mass is 10.1. The van der Waals surface area contributed by atoms with Crippen LogP contribution in [-0.4, -0.2) is 68.4 Å². The number of para-hydroxylation sites is 1. The third kappa shape index (κ3) is 6.55. The predicted molar refractivity (Wildman–Crippen MR) is 88.4 cm³/mol. The number of likely N-dealkylation sites (N-methyl/N-ethyl adjacent to an activating group) is 2. The molecule has 0 saturated carbocycles. The number of alkyl halides is 3. The number of halogens is 3. The van der Waals surface area contributed by atoms with Crippen LogP contribution >= 0.6 is 0 Å². The topological polar surface area (TPSA) is 44.8 Å². The monoisotopic (exact) mass is 359 g/mol. The average molecular weight is 359 g/mol. The molecule has 0 aromatic heterocycles. The van der Waals surface area contributed by atoms with E-state index in [0.717, 1.165) is 19.6 Å². The van der Waals surface area contributed by atoms with E-state index in [9.17, 15) is 18.0 Å². The molecule has 1 aromatic carbocycles. The Morgan fingerprint density at radius 1 is 1.28 bits per heavy atom. The molecule has 5 nitrogen and oxygen atoms in total. The summed E-state index contributed by atoms with van der Waals surface area (Å²) in [4.78, 5) is 16.4. The number of amides is 1. The summed E-state index contributed by atoms with van der Waals surface area (Å²) < 4.78 is 41.2. The number of benzene rings is 1. The Labute approximate surface area is 145 Å². The van der Waals surface area contributed by atoms with Crippen molar-refractivity contribution in [2.24, 2.45) is 0 Å². The van der Waals surface area contributed by atoms with Crippen LogP contribution in [-0.2, 0) is 11.2 Å². The standard InChI is InChI=1S/C17H24F3N3O2/c1-22-9-10-23(2)14(12-22)11-16(24)21-8-7-13-5-3-4-6-15(13)25-17(18,19)20/h3-6,14H,7-12H2,1-2H3,(H,21,24)/t14-/m0/s1. The van der Waals surface area contributed by atoms with Crippen molar-refractivity contribution in [1.82, 2.24) is 15.1 Å². The average Bonchev–Trinajstić information content (AvgIpc) is 2.51. The number of nitrogens with one attached hydrogen (secondary N) is 1. The summed E-state index contributed by atoms with van der Waals surface area (Å²) in [6.45, 7) is 2.98. The van der Waals surface area contributed by atoms with Crippen molar-refractivity contribution >= 4 is 5.91 Å². The normalized spacial score (nSPS) is 19.6. The fourth-order valence-corrected chi connectivity index (χ4v) is 2.88. The van der Waals surface area contributed by atoms with Crippen LogP contribution in [0.1, 0.15) is 12.0 Å². The molecule has 0 bridgehead atoms. The zero-order valence-corrected chi connectivity index (χ0v) is 14.5. The van der Waals surface area contributed by atoms with E-state index in [0.29, 0.717) is 12.0 Å². The third-order valence-corrected chi connectivity index (χ3v) is 4.32. The zero-order valence-electron chi connectivity index (χ0n) is 14.5.